The molecule has 0 aliphatic heterocycles. The minimum Gasteiger partial charge on any atom is -0.497 e. The van der Waals surface area contributed by atoms with E-state index in [1.807, 2.05) is 18.2 Å². The van der Waals surface area contributed by atoms with Crippen molar-refractivity contribution < 1.29 is 4.74 Å². The summed E-state index contributed by atoms with van der Waals surface area (Å²) in [5, 5.41) is 4.09. The number of methoxy groups -OCH3 is 1. The van der Waals surface area contributed by atoms with Crippen LogP contribution in [-0.4, -0.2) is 13.7 Å². The lowest BCUT2D eigenvalue weighted by Crippen LogP contribution is -2.11. The van der Waals surface area contributed by atoms with Gasteiger partial charge in [0, 0.05) is 17.1 Å². The van der Waals surface area contributed by atoms with E-state index in [-0.39, 0.29) is 0 Å². The van der Waals surface area contributed by atoms with Gasteiger partial charge in [-0.05, 0) is 48.4 Å². The highest BCUT2D eigenvalue weighted by atomic mass is 35.5. The first-order valence-electron chi connectivity index (χ1n) is 6.80. The van der Waals surface area contributed by atoms with Crippen LogP contribution in [0.5, 0.6) is 5.75 Å². The minimum absolute atomic E-state index is 0.786. The number of benzene rings is 2. The first kappa shape index (κ1) is 14.9. The smallest absolute Gasteiger partial charge is 0.119 e. The zero-order valence-corrected chi connectivity index (χ0v) is 12.9. The molecule has 0 amide bonds. The molecule has 0 bridgehead atoms. The maximum atomic E-state index is 6.43. The Bertz CT molecular complexity index is 596. The number of nitrogens with one attached hydrogen (secondary N) is 1. The molecule has 0 aromatic heterocycles. The molecule has 0 spiro atoms. The lowest BCUT2D eigenvalue weighted by atomic mass is 9.99. The maximum absolute atomic E-state index is 6.43. The summed E-state index contributed by atoms with van der Waals surface area (Å²) in [6.45, 7) is 5.96. The van der Waals surface area contributed by atoms with Gasteiger partial charge < -0.3 is 10.1 Å². The molecule has 0 radical (unpaired) electrons. The molecule has 1 N–H and O–H groups in total. The second-order valence-corrected chi connectivity index (χ2v) is 5.18. The molecule has 0 aliphatic rings. The molecule has 2 rings (SSSR count). The first-order chi connectivity index (χ1) is 9.65. The second kappa shape index (κ2) is 6.78. The van der Waals surface area contributed by atoms with Crippen molar-refractivity contribution >= 4 is 11.6 Å². The molecular weight excluding hydrogens is 270 g/mol. The van der Waals surface area contributed by atoms with Crippen LogP contribution in [0.1, 0.15) is 18.1 Å². The van der Waals surface area contributed by atoms with Crippen molar-refractivity contribution in [1.29, 1.82) is 0 Å². The van der Waals surface area contributed by atoms with Gasteiger partial charge in [0.2, 0.25) is 0 Å². The third-order valence-electron chi connectivity index (χ3n) is 3.34. The Labute approximate surface area is 125 Å². The minimum atomic E-state index is 0.786. The topological polar surface area (TPSA) is 21.3 Å². The summed E-state index contributed by atoms with van der Waals surface area (Å²) >= 11 is 6.43. The molecule has 2 nitrogen and oxygen atoms in total. The van der Waals surface area contributed by atoms with E-state index in [1.54, 1.807) is 7.11 Å². The normalized spacial score (nSPS) is 10.6. The van der Waals surface area contributed by atoms with Crippen LogP contribution < -0.4 is 10.1 Å². The Morgan fingerprint density at radius 2 is 1.85 bits per heavy atom. The fourth-order valence-corrected chi connectivity index (χ4v) is 2.53. The van der Waals surface area contributed by atoms with E-state index in [0.717, 1.165) is 40.6 Å². The lowest BCUT2D eigenvalue weighted by Gasteiger charge is -2.11. The van der Waals surface area contributed by atoms with Crippen LogP contribution in [0.25, 0.3) is 11.1 Å². The Morgan fingerprint density at radius 1 is 1.10 bits per heavy atom. The zero-order valence-electron chi connectivity index (χ0n) is 12.2. The molecule has 106 valence electrons. The van der Waals surface area contributed by atoms with Gasteiger partial charge in [0.1, 0.15) is 5.75 Å². The molecule has 0 aliphatic carbocycles. The summed E-state index contributed by atoms with van der Waals surface area (Å²) in [4.78, 5) is 0. The predicted octanol–water partition coefficient (Wildman–Crippen LogP) is 4.43. The molecule has 0 heterocycles. The number of rotatable bonds is 5. The van der Waals surface area contributed by atoms with Gasteiger partial charge in [0.05, 0.1) is 7.11 Å². The van der Waals surface area contributed by atoms with Crippen LogP contribution in [0.4, 0.5) is 0 Å². The van der Waals surface area contributed by atoms with Gasteiger partial charge in [-0.25, -0.2) is 0 Å². The van der Waals surface area contributed by atoms with E-state index in [4.69, 9.17) is 16.3 Å². The second-order valence-electron chi connectivity index (χ2n) is 4.78. The molecule has 3 heteroatoms. The summed E-state index contributed by atoms with van der Waals surface area (Å²) < 4.78 is 5.24. The van der Waals surface area contributed by atoms with E-state index in [9.17, 15) is 0 Å². The van der Waals surface area contributed by atoms with Gasteiger partial charge in [0.15, 0.2) is 0 Å². The fourth-order valence-electron chi connectivity index (χ4n) is 2.22. The average molecular weight is 290 g/mol. The van der Waals surface area contributed by atoms with Gasteiger partial charge in [-0.3, -0.25) is 0 Å². The van der Waals surface area contributed by atoms with E-state index >= 15 is 0 Å². The van der Waals surface area contributed by atoms with Crippen molar-refractivity contribution in [1.82, 2.24) is 5.32 Å². The van der Waals surface area contributed by atoms with Crippen molar-refractivity contribution in [2.75, 3.05) is 13.7 Å². The highest BCUT2D eigenvalue weighted by molar-refractivity contribution is 6.33. The number of hydrogen-bond donors (Lipinski definition) is 1. The third kappa shape index (κ3) is 3.33. The first-order valence-corrected chi connectivity index (χ1v) is 7.17. The van der Waals surface area contributed by atoms with Gasteiger partial charge in [-0.15, -0.1) is 0 Å². The molecular formula is C17H20ClNO. The van der Waals surface area contributed by atoms with E-state index < -0.39 is 0 Å². The maximum Gasteiger partial charge on any atom is 0.119 e. The van der Waals surface area contributed by atoms with E-state index in [2.05, 4.69) is 37.4 Å². The van der Waals surface area contributed by atoms with Gasteiger partial charge in [-0.2, -0.15) is 0 Å². The number of aryl methyl sites for hydroxylation is 1. The molecule has 0 saturated heterocycles. The van der Waals surface area contributed by atoms with E-state index in [1.165, 1.54) is 5.56 Å². The summed E-state index contributed by atoms with van der Waals surface area (Å²) in [6, 6.07) is 12.3. The molecule has 0 unspecified atom stereocenters. The standard InChI is InChI=1S/C17H20ClNO/c1-4-19-11-13-5-7-16(17(18)10-13)15-8-6-14(20-3)9-12(15)2/h5-10,19H,4,11H2,1-3H3. The number of hydrogen-bond acceptors (Lipinski definition) is 2. The summed E-state index contributed by atoms with van der Waals surface area (Å²) in [5.41, 5.74) is 4.57. The van der Waals surface area contributed by atoms with Crippen molar-refractivity contribution in [3.8, 4) is 16.9 Å². The van der Waals surface area contributed by atoms with Crippen LogP contribution in [0.3, 0.4) is 0 Å². The largest absolute Gasteiger partial charge is 0.497 e. The molecule has 2 aromatic rings. The molecule has 0 atom stereocenters. The van der Waals surface area contributed by atoms with Gasteiger partial charge >= 0.3 is 0 Å². The van der Waals surface area contributed by atoms with Crippen molar-refractivity contribution in [3.63, 3.8) is 0 Å². The SMILES string of the molecule is CCNCc1ccc(-c2ccc(OC)cc2C)c(Cl)c1. The van der Waals surface area contributed by atoms with E-state index in [0.29, 0.717) is 0 Å². The van der Waals surface area contributed by atoms with Crippen LogP contribution in [0, 0.1) is 6.92 Å². The lowest BCUT2D eigenvalue weighted by molar-refractivity contribution is 0.414. The van der Waals surface area contributed by atoms with Crippen LogP contribution >= 0.6 is 11.6 Å². The van der Waals surface area contributed by atoms with Gasteiger partial charge in [0.25, 0.3) is 0 Å². The summed E-state index contributed by atoms with van der Waals surface area (Å²) in [7, 11) is 1.68. The van der Waals surface area contributed by atoms with Crippen molar-refractivity contribution in [2.24, 2.45) is 0 Å². The Balaban J connectivity index is 2.33. The molecule has 20 heavy (non-hydrogen) atoms. The highest BCUT2D eigenvalue weighted by Gasteiger charge is 2.08. The monoisotopic (exact) mass is 289 g/mol. The zero-order chi connectivity index (χ0) is 14.5. The quantitative estimate of drug-likeness (QED) is 0.879. The third-order valence-corrected chi connectivity index (χ3v) is 3.65. The van der Waals surface area contributed by atoms with Crippen molar-refractivity contribution in [3.05, 3.63) is 52.5 Å². The highest BCUT2D eigenvalue weighted by Crippen LogP contribution is 2.32. The Hall–Kier alpha value is -1.51. The van der Waals surface area contributed by atoms with Crippen LogP contribution in [0.15, 0.2) is 36.4 Å². The number of halogens is 1. The Kier molecular flexibility index (Phi) is 5.05. The molecule has 0 saturated carbocycles. The van der Waals surface area contributed by atoms with Crippen molar-refractivity contribution in [2.45, 2.75) is 20.4 Å². The van der Waals surface area contributed by atoms with Crippen LogP contribution in [-0.2, 0) is 6.54 Å². The predicted molar refractivity (Wildman–Crippen MR) is 85.6 cm³/mol. The summed E-state index contributed by atoms with van der Waals surface area (Å²) in [6.07, 6.45) is 0. The van der Waals surface area contributed by atoms with Crippen LogP contribution in [0.2, 0.25) is 5.02 Å². The van der Waals surface area contributed by atoms with Gasteiger partial charge in [-0.1, -0.05) is 36.7 Å². The molecule has 2 aromatic carbocycles. The average Bonchev–Trinajstić information content (AvgIpc) is 2.45. The summed E-state index contributed by atoms with van der Waals surface area (Å²) in [5.74, 6) is 0.867. The Morgan fingerprint density at radius 3 is 2.45 bits per heavy atom. The fraction of sp³-hybridized carbons (Fsp3) is 0.294. The number of ether oxygens (including phenoxy) is 1. The molecule has 0 fully saturated rings.